The van der Waals surface area contributed by atoms with Gasteiger partial charge in [0.05, 0.1) is 0 Å². The molecular formula is C20H33Cl2N3O3S. The molecule has 6 nitrogen and oxygen atoms in total. The van der Waals surface area contributed by atoms with E-state index in [0.29, 0.717) is 38.4 Å². The van der Waals surface area contributed by atoms with E-state index in [1.165, 1.54) is 11.8 Å². The number of benzene rings is 1. The monoisotopic (exact) mass is 465 g/mol. The summed E-state index contributed by atoms with van der Waals surface area (Å²) in [6, 6.07) is 10.5. The van der Waals surface area contributed by atoms with E-state index in [0.717, 1.165) is 32.5 Å². The fraction of sp³-hybridized carbons (Fsp3) is 0.650. The summed E-state index contributed by atoms with van der Waals surface area (Å²) < 4.78 is 23.4. The van der Waals surface area contributed by atoms with Gasteiger partial charge >= 0.3 is 0 Å². The van der Waals surface area contributed by atoms with E-state index in [1.54, 1.807) is 0 Å². The van der Waals surface area contributed by atoms with Crippen LogP contribution in [0.3, 0.4) is 0 Å². The fourth-order valence-corrected chi connectivity index (χ4v) is 5.54. The summed E-state index contributed by atoms with van der Waals surface area (Å²) in [7, 11) is -3.44. The number of hydrogen-bond donors (Lipinski definition) is 2. The van der Waals surface area contributed by atoms with E-state index in [9.17, 15) is 13.2 Å². The minimum absolute atomic E-state index is 0. The molecular weight excluding hydrogens is 433 g/mol. The van der Waals surface area contributed by atoms with E-state index >= 15 is 0 Å². The number of carbonyl (C=O) groups excluding carboxylic acids is 1. The molecule has 0 spiro atoms. The molecule has 2 aliphatic rings. The van der Waals surface area contributed by atoms with Gasteiger partial charge in [-0.2, -0.15) is 0 Å². The number of carbonyl (C=O) groups is 1. The first-order valence-electron chi connectivity index (χ1n) is 9.86. The Hall–Kier alpha value is -0.860. The molecule has 2 heterocycles. The van der Waals surface area contributed by atoms with Crippen LogP contribution in [0.2, 0.25) is 0 Å². The van der Waals surface area contributed by atoms with Gasteiger partial charge < -0.3 is 10.6 Å². The van der Waals surface area contributed by atoms with Gasteiger partial charge in [-0.15, -0.1) is 24.8 Å². The average Bonchev–Trinajstić information content (AvgIpc) is 2.68. The van der Waals surface area contributed by atoms with Crippen LogP contribution >= 0.6 is 24.8 Å². The van der Waals surface area contributed by atoms with Gasteiger partial charge in [0.1, 0.15) is 0 Å². The topological polar surface area (TPSA) is 78.5 Å². The van der Waals surface area contributed by atoms with Crippen molar-refractivity contribution in [2.24, 2.45) is 5.92 Å². The zero-order valence-electron chi connectivity index (χ0n) is 16.9. The molecule has 2 aliphatic heterocycles. The van der Waals surface area contributed by atoms with Crippen molar-refractivity contribution in [3.05, 3.63) is 35.9 Å². The molecule has 29 heavy (non-hydrogen) atoms. The van der Waals surface area contributed by atoms with Gasteiger partial charge in [0, 0.05) is 19.3 Å². The molecule has 0 bridgehead atoms. The second-order valence-corrected chi connectivity index (χ2v) is 10.3. The summed E-state index contributed by atoms with van der Waals surface area (Å²) in [6.07, 6.45) is 3.96. The maximum absolute atomic E-state index is 12.8. The Balaban J connectivity index is 0.00000210. The lowest BCUT2D eigenvalue weighted by molar-refractivity contribution is -0.124. The van der Waals surface area contributed by atoms with Crippen molar-refractivity contribution < 1.29 is 13.2 Å². The minimum atomic E-state index is -3.44. The van der Waals surface area contributed by atoms with Crippen LogP contribution in [-0.2, 0) is 21.2 Å². The van der Waals surface area contributed by atoms with E-state index in [-0.39, 0.29) is 30.7 Å². The second-order valence-electron chi connectivity index (χ2n) is 7.93. The molecule has 0 aromatic heterocycles. The Bertz CT molecular complexity index is 733. The van der Waals surface area contributed by atoms with Crippen molar-refractivity contribution in [3.63, 3.8) is 0 Å². The van der Waals surface area contributed by atoms with E-state index in [4.69, 9.17) is 0 Å². The van der Waals surface area contributed by atoms with Gasteiger partial charge in [-0.05, 0) is 63.3 Å². The van der Waals surface area contributed by atoms with Crippen molar-refractivity contribution >= 4 is 40.6 Å². The van der Waals surface area contributed by atoms with Crippen molar-refractivity contribution in [2.45, 2.75) is 37.0 Å². The maximum Gasteiger partial charge on any atom is 0.241 e. The van der Waals surface area contributed by atoms with Crippen LogP contribution in [0, 0.1) is 5.92 Å². The number of halogens is 2. The molecule has 1 aromatic carbocycles. The summed E-state index contributed by atoms with van der Waals surface area (Å²) in [5.41, 5.74) is 1.32. The van der Waals surface area contributed by atoms with E-state index < -0.39 is 14.6 Å². The summed E-state index contributed by atoms with van der Waals surface area (Å²) >= 11 is 0. The molecule has 0 atom stereocenters. The number of sulfone groups is 1. The molecule has 2 fully saturated rings. The van der Waals surface area contributed by atoms with E-state index in [1.807, 2.05) is 6.07 Å². The lowest BCUT2D eigenvalue weighted by atomic mass is 9.93. The molecule has 0 aliphatic carbocycles. The third kappa shape index (κ3) is 6.56. The first-order valence-corrected chi connectivity index (χ1v) is 11.7. The summed E-state index contributed by atoms with van der Waals surface area (Å²) in [6.45, 7) is 4.69. The molecule has 9 heteroatoms. The molecule has 0 saturated carbocycles. The van der Waals surface area contributed by atoms with Gasteiger partial charge in [-0.1, -0.05) is 30.3 Å². The van der Waals surface area contributed by atoms with Gasteiger partial charge in [0.2, 0.25) is 5.91 Å². The molecule has 0 radical (unpaired) electrons. The Morgan fingerprint density at radius 1 is 1.14 bits per heavy atom. The number of amides is 1. The number of hydrogen-bond acceptors (Lipinski definition) is 5. The number of nitrogens with one attached hydrogen (secondary N) is 2. The molecule has 2 saturated heterocycles. The van der Waals surface area contributed by atoms with Crippen LogP contribution in [0.1, 0.15) is 31.2 Å². The van der Waals surface area contributed by atoms with Crippen LogP contribution in [0.25, 0.3) is 0 Å². The predicted octanol–water partition coefficient (Wildman–Crippen LogP) is 2.03. The highest BCUT2D eigenvalue weighted by Gasteiger charge is 2.48. The third-order valence-electron chi connectivity index (χ3n) is 6.04. The zero-order chi connectivity index (χ0) is 19.3. The van der Waals surface area contributed by atoms with Crippen molar-refractivity contribution in [2.75, 3.05) is 39.0 Å². The summed E-state index contributed by atoms with van der Waals surface area (Å²) in [4.78, 5) is 15.2. The number of likely N-dealkylation sites (tertiary alicyclic amines) is 1. The predicted molar refractivity (Wildman–Crippen MR) is 122 cm³/mol. The lowest BCUT2D eigenvalue weighted by Gasteiger charge is -2.36. The largest absolute Gasteiger partial charge is 0.354 e. The average molecular weight is 466 g/mol. The SMILES string of the molecule is CS(=O)(=O)C1(C(=O)NCC2CCN(Cc3ccccc3)CC2)CCNCC1.Cl.Cl. The van der Waals surface area contributed by atoms with Gasteiger partial charge in [-0.3, -0.25) is 9.69 Å². The smallest absolute Gasteiger partial charge is 0.241 e. The minimum Gasteiger partial charge on any atom is -0.354 e. The molecule has 0 unspecified atom stereocenters. The van der Waals surface area contributed by atoms with Crippen LogP contribution in [0.4, 0.5) is 0 Å². The van der Waals surface area contributed by atoms with Gasteiger partial charge in [0.15, 0.2) is 14.6 Å². The Kier molecular flexibility index (Phi) is 10.4. The number of piperidine rings is 2. The number of rotatable bonds is 6. The Labute approximate surface area is 186 Å². The Morgan fingerprint density at radius 2 is 1.72 bits per heavy atom. The quantitative estimate of drug-likeness (QED) is 0.671. The van der Waals surface area contributed by atoms with E-state index in [2.05, 4.69) is 39.8 Å². The van der Waals surface area contributed by atoms with Crippen LogP contribution in [0.15, 0.2) is 30.3 Å². The molecule has 2 N–H and O–H groups in total. The fourth-order valence-electron chi connectivity index (χ4n) is 4.19. The standard InChI is InChI=1S/C20H31N3O3S.2ClH/c1-27(25,26)20(9-11-21-12-10-20)19(24)22-15-17-7-13-23(14-8-17)16-18-5-3-2-4-6-18;;/h2-6,17,21H,7-16H2,1H3,(H,22,24);2*1H. The molecule has 3 rings (SSSR count). The van der Waals surface area contributed by atoms with Gasteiger partial charge in [0.25, 0.3) is 0 Å². The lowest BCUT2D eigenvalue weighted by Crippen LogP contribution is -2.58. The third-order valence-corrected chi connectivity index (χ3v) is 8.06. The van der Waals surface area contributed by atoms with Crippen LogP contribution < -0.4 is 10.6 Å². The maximum atomic E-state index is 12.8. The number of nitrogens with zero attached hydrogens (tertiary/aromatic N) is 1. The highest BCUT2D eigenvalue weighted by Crippen LogP contribution is 2.28. The molecule has 1 amide bonds. The van der Waals surface area contributed by atoms with Crippen molar-refractivity contribution in [3.8, 4) is 0 Å². The molecule has 1 aromatic rings. The normalized spacial score (nSPS) is 20.2. The summed E-state index contributed by atoms with van der Waals surface area (Å²) in [5, 5.41) is 6.12. The second kappa shape index (κ2) is 11.5. The van der Waals surface area contributed by atoms with Crippen LogP contribution in [-0.4, -0.2) is 63.0 Å². The molecule has 166 valence electrons. The zero-order valence-corrected chi connectivity index (χ0v) is 19.4. The highest BCUT2D eigenvalue weighted by atomic mass is 35.5. The first kappa shape index (κ1) is 26.2. The van der Waals surface area contributed by atoms with Crippen molar-refractivity contribution in [1.29, 1.82) is 0 Å². The van der Waals surface area contributed by atoms with Gasteiger partial charge in [-0.25, -0.2) is 8.42 Å². The summed E-state index contributed by atoms with van der Waals surface area (Å²) in [5.74, 6) is 0.109. The first-order chi connectivity index (χ1) is 12.9. The van der Waals surface area contributed by atoms with Crippen LogP contribution in [0.5, 0.6) is 0 Å². The highest BCUT2D eigenvalue weighted by molar-refractivity contribution is 7.92. The van der Waals surface area contributed by atoms with Crippen molar-refractivity contribution in [1.82, 2.24) is 15.5 Å². The Morgan fingerprint density at radius 3 is 2.28 bits per heavy atom.